The molecule has 0 heterocycles. The van der Waals surface area contributed by atoms with Crippen LogP contribution >= 0.6 is 0 Å². The second-order valence-electron chi connectivity index (χ2n) is 4.09. The van der Waals surface area contributed by atoms with Gasteiger partial charge in [-0.1, -0.05) is 0 Å². The third-order valence-corrected chi connectivity index (χ3v) is 2.56. The third-order valence-electron chi connectivity index (χ3n) is 2.56. The van der Waals surface area contributed by atoms with Gasteiger partial charge in [0.1, 0.15) is 0 Å². The van der Waals surface area contributed by atoms with Crippen LogP contribution in [0.4, 0.5) is 0 Å². The molecule has 0 bridgehead atoms. The number of aliphatic carboxylic acids is 1. The Morgan fingerprint density at radius 1 is 1.69 bits per heavy atom. The molecule has 2 atom stereocenters. The van der Waals surface area contributed by atoms with Gasteiger partial charge in [0, 0.05) is 12.6 Å². The number of carboxylic acids is 1. The molecule has 2 unspecified atom stereocenters. The molecule has 0 aromatic carbocycles. The first-order chi connectivity index (χ1) is 5.93. The lowest BCUT2D eigenvalue weighted by molar-refractivity contribution is -0.156. The topological polar surface area (TPSA) is 69.6 Å². The van der Waals surface area contributed by atoms with Crippen LogP contribution in [0.2, 0.25) is 0 Å². The summed E-state index contributed by atoms with van der Waals surface area (Å²) in [4.78, 5) is 10.5. The van der Waals surface area contributed by atoms with Gasteiger partial charge >= 0.3 is 5.97 Å². The Hall–Kier alpha value is -0.610. The van der Waals surface area contributed by atoms with Crippen LogP contribution in [0.1, 0.15) is 26.7 Å². The van der Waals surface area contributed by atoms with Crippen molar-refractivity contribution < 1.29 is 15.0 Å². The third kappa shape index (κ3) is 2.97. The summed E-state index contributed by atoms with van der Waals surface area (Å²) in [6.45, 7) is 3.44. The predicted octanol–water partition coefficient (Wildman–Crippen LogP) is 0.210. The van der Waals surface area contributed by atoms with Crippen LogP contribution in [0.3, 0.4) is 0 Å². The van der Waals surface area contributed by atoms with Crippen LogP contribution in [0, 0.1) is 5.92 Å². The van der Waals surface area contributed by atoms with E-state index < -0.39 is 11.6 Å². The molecule has 1 rings (SSSR count). The molecule has 1 saturated carbocycles. The van der Waals surface area contributed by atoms with Crippen molar-refractivity contribution >= 4 is 5.97 Å². The molecule has 1 aliphatic carbocycles. The van der Waals surface area contributed by atoms with E-state index in [1.165, 1.54) is 19.8 Å². The summed E-state index contributed by atoms with van der Waals surface area (Å²) in [5.74, 6) is -0.507. The first kappa shape index (κ1) is 10.5. The molecule has 0 aliphatic heterocycles. The number of carbonyl (C=O) groups is 1. The van der Waals surface area contributed by atoms with E-state index in [9.17, 15) is 9.90 Å². The van der Waals surface area contributed by atoms with Gasteiger partial charge in [-0.3, -0.25) is 0 Å². The fraction of sp³-hybridized carbons (Fsp3) is 0.889. The SMILES string of the molecule is CC(NCC(C)(O)C(=O)O)C1CC1. The van der Waals surface area contributed by atoms with Gasteiger partial charge in [0.05, 0.1) is 0 Å². The van der Waals surface area contributed by atoms with Gasteiger partial charge in [-0.05, 0) is 32.6 Å². The van der Waals surface area contributed by atoms with E-state index >= 15 is 0 Å². The Bertz CT molecular complexity index is 199. The van der Waals surface area contributed by atoms with Crippen LogP contribution in [-0.2, 0) is 4.79 Å². The van der Waals surface area contributed by atoms with Crippen LogP contribution < -0.4 is 5.32 Å². The van der Waals surface area contributed by atoms with Crippen LogP contribution in [-0.4, -0.2) is 34.4 Å². The van der Waals surface area contributed by atoms with E-state index in [-0.39, 0.29) is 6.54 Å². The molecule has 4 nitrogen and oxygen atoms in total. The highest BCUT2D eigenvalue weighted by Crippen LogP contribution is 2.32. The molecule has 0 radical (unpaired) electrons. The van der Waals surface area contributed by atoms with Crippen molar-refractivity contribution in [3.05, 3.63) is 0 Å². The number of carboxylic acid groups (broad SMARTS) is 1. The molecule has 1 aliphatic rings. The smallest absolute Gasteiger partial charge is 0.336 e. The van der Waals surface area contributed by atoms with Gasteiger partial charge in [0.25, 0.3) is 0 Å². The van der Waals surface area contributed by atoms with E-state index in [1.807, 2.05) is 6.92 Å². The molecule has 4 heteroatoms. The Morgan fingerprint density at radius 2 is 2.23 bits per heavy atom. The van der Waals surface area contributed by atoms with Crippen molar-refractivity contribution in [1.29, 1.82) is 0 Å². The van der Waals surface area contributed by atoms with Crippen molar-refractivity contribution in [2.75, 3.05) is 6.54 Å². The molecule has 1 fully saturated rings. The van der Waals surface area contributed by atoms with E-state index in [1.54, 1.807) is 0 Å². The van der Waals surface area contributed by atoms with Crippen molar-refractivity contribution in [3.8, 4) is 0 Å². The highest BCUT2D eigenvalue weighted by molar-refractivity contribution is 5.76. The summed E-state index contributed by atoms with van der Waals surface area (Å²) in [7, 11) is 0. The van der Waals surface area contributed by atoms with Crippen molar-refractivity contribution in [2.45, 2.75) is 38.3 Å². The van der Waals surface area contributed by atoms with Gasteiger partial charge < -0.3 is 15.5 Å². The fourth-order valence-electron chi connectivity index (χ4n) is 1.20. The van der Waals surface area contributed by atoms with Crippen LogP contribution in [0.15, 0.2) is 0 Å². The average Bonchev–Trinajstić information content (AvgIpc) is 2.82. The largest absolute Gasteiger partial charge is 0.479 e. The van der Waals surface area contributed by atoms with Crippen molar-refractivity contribution in [3.63, 3.8) is 0 Å². The number of rotatable bonds is 5. The second kappa shape index (κ2) is 3.64. The van der Waals surface area contributed by atoms with Gasteiger partial charge in [-0.25, -0.2) is 4.79 Å². The summed E-state index contributed by atoms with van der Waals surface area (Å²) >= 11 is 0. The summed E-state index contributed by atoms with van der Waals surface area (Å²) in [5.41, 5.74) is -1.65. The second-order valence-corrected chi connectivity index (χ2v) is 4.09. The lowest BCUT2D eigenvalue weighted by Gasteiger charge is -2.21. The molecule has 0 aromatic rings. The maximum atomic E-state index is 10.5. The molecule has 0 saturated heterocycles. The van der Waals surface area contributed by atoms with Crippen molar-refractivity contribution in [2.24, 2.45) is 5.92 Å². The first-order valence-corrected chi connectivity index (χ1v) is 4.62. The molecule has 13 heavy (non-hydrogen) atoms. The molecule has 3 N–H and O–H groups in total. The van der Waals surface area contributed by atoms with E-state index in [4.69, 9.17) is 5.11 Å². The molecule has 0 aromatic heterocycles. The molecule has 0 amide bonds. The highest BCUT2D eigenvalue weighted by atomic mass is 16.4. The van der Waals surface area contributed by atoms with Crippen LogP contribution in [0.25, 0.3) is 0 Å². The number of aliphatic hydroxyl groups is 1. The molecular weight excluding hydrogens is 170 g/mol. The monoisotopic (exact) mass is 187 g/mol. The minimum Gasteiger partial charge on any atom is -0.479 e. The quantitative estimate of drug-likeness (QED) is 0.575. The fourth-order valence-corrected chi connectivity index (χ4v) is 1.20. The van der Waals surface area contributed by atoms with Gasteiger partial charge in [-0.15, -0.1) is 0 Å². The Balaban J connectivity index is 2.27. The van der Waals surface area contributed by atoms with Crippen molar-refractivity contribution in [1.82, 2.24) is 5.32 Å². The molecular formula is C9H17NO3. The summed E-state index contributed by atoms with van der Waals surface area (Å²) in [6.07, 6.45) is 2.42. The van der Waals surface area contributed by atoms with E-state index in [2.05, 4.69) is 5.32 Å². The van der Waals surface area contributed by atoms with E-state index in [0.29, 0.717) is 12.0 Å². The zero-order valence-corrected chi connectivity index (χ0v) is 8.08. The lowest BCUT2D eigenvalue weighted by Crippen LogP contribution is -2.47. The minimum absolute atomic E-state index is 0.111. The van der Waals surface area contributed by atoms with Crippen LogP contribution in [0.5, 0.6) is 0 Å². The first-order valence-electron chi connectivity index (χ1n) is 4.62. The molecule has 76 valence electrons. The zero-order valence-electron chi connectivity index (χ0n) is 8.08. The number of hydrogen-bond acceptors (Lipinski definition) is 3. The van der Waals surface area contributed by atoms with Gasteiger partial charge in [0.2, 0.25) is 0 Å². The maximum absolute atomic E-state index is 10.5. The lowest BCUT2D eigenvalue weighted by atomic mass is 10.1. The normalized spacial score (nSPS) is 23.6. The number of hydrogen-bond donors (Lipinski definition) is 3. The zero-order chi connectivity index (χ0) is 10.1. The molecule has 0 spiro atoms. The Morgan fingerprint density at radius 3 is 2.62 bits per heavy atom. The van der Waals surface area contributed by atoms with E-state index in [0.717, 1.165) is 0 Å². The summed E-state index contributed by atoms with van der Waals surface area (Å²) < 4.78 is 0. The minimum atomic E-state index is -1.65. The Kier molecular flexibility index (Phi) is 2.93. The predicted molar refractivity (Wildman–Crippen MR) is 48.4 cm³/mol. The Labute approximate surface area is 78.0 Å². The highest BCUT2D eigenvalue weighted by Gasteiger charge is 2.33. The average molecular weight is 187 g/mol. The summed E-state index contributed by atoms with van der Waals surface area (Å²) in [5, 5.41) is 21.0. The standard InChI is InChI=1S/C9H17NO3/c1-6(7-3-4-7)10-5-9(2,13)8(11)12/h6-7,10,13H,3-5H2,1-2H3,(H,11,12). The maximum Gasteiger partial charge on any atom is 0.336 e. The van der Waals surface area contributed by atoms with Gasteiger partial charge in [0.15, 0.2) is 5.60 Å². The summed E-state index contributed by atoms with van der Waals surface area (Å²) in [6, 6.07) is 0.311. The number of nitrogens with one attached hydrogen (secondary N) is 1. The van der Waals surface area contributed by atoms with Gasteiger partial charge in [-0.2, -0.15) is 0 Å².